The normalized spacial score (nSPS) is 16.5. The molecule has 14 heteroatoms. The second-order valence-electron chi connectivity index (χ2n) is 9.03. The molecule has 39 heavy (non-hydrogen) atoms. The maximum absolute atomic E-state index is 13.1. The maximum Gasteiger partial charge on any atom is 0.455 e. The summed E-state index contributed by atoms with van der Waals surface area (Å²) in [5.41, 5.74) is 2.42. The fourth-order valence-electron chi connectivity index (χ4n) is 4.33. The van der Waals surface area contributed by atoms with Crippen molar-refractivity contribution in [2.45, 2.75) is 37.4 Å². The Morgan fingerprint density at radius 3 is 2.31 bits per heavy atom. The van der Waals surface area contributed by atoms with Crippen LogP contribution in [0.5, 0.6) is 0 Å². The van der Waals surface area contributed by atoms with Crippen molar-refractivity contribution in [3.8, 4) is 0 Å². The topological polar surface area (TPSA) is 128 Å². The third-order valence-electron chi connectivity index (χ3n) is 6.38. The van der Waals surface area contributed by atoms with Gasteiger partial charge in [-0.3, -0.25) is 14.4 Å². The van der Waals surface area contributed by atoms with Gasteiger partial charge in [-0.2, -0.15) is 22.0 Å². The first-order valence-corrected chi connectivity index (χ1v) is 12.1. The molecule has 1 amide bonds. The van der Waals surface area contributed by atoms with E-state index in [2.05, 4.69) is 10.6 Å². The lowest BCUT2D eigenvalue weighted by molar-refractivity contribution is -0.278. The Morgan fingerprint density at radius 1 is 1.05 bits per heavy atom. The Balaban J connectivity index is 1.75. The van der Waals surface area contributed by atoms with E-state index in [-0.39, 0.29) is 18.7 Å². The summed E-state index contributed by atoms with van der Waals surface area (Å²) in [6.45, 7) is -0.951. The van der Waals surface area contributed by atoms with Crippen LogP contribution in [0.1, 0.15) is 39.4 Å². The summed E-state index contributed by atoms with van der Waals surface area (Å²) in [6.07, 6.45) is -5.86. The van der Waals surface area contributed by atoms with Crippen LogP contribution >= 0.6 is 11.6 Å². The quantitative estimate of drug-likeness (QED) is 0.267. The van der Waals surface area contributed by atoms with Crippen LogP contribution in [0, 0.1) is 5.92 Å². The number of nitrogens with one attached hydrogen (secondary N) is 3. The Labute approximate surface area is 224 Å². The number of rotatable bonds is 10. The molecule has 0 bridgehead atoms. The summed E-state index contributed by atoms with van der Waals surface area (Å²) in [5.74, 6) is -10.4. The zero-order valence-electron chi connectivity index (χ0n) is 20.2. The molecular weight excluding hydrogens is 553 g/mol. The lowest BCUT2D eigenvalue weighted by Crippen LogP contribution is -2.46. The average Bonchev–Trinajstić information content (AvgIpc) is 3.07. The molecule has 0 fully saturated rings. The number of halogens is 6. The predicted octanol–water partition coefficient (Wildman–Crippen LogP) is 4.28. The molecule has 0 aliphatic carbocycles. The molecule has 1 aliphatic heterocycles. The Hall–Kier alpha value is -3.45. The zero-order chi connectivity index (χ0) is 29.0. The highest BCUT2D eigenvalue weighted by molar-refractivity contribution is 6.33. The van der Waals surface area contributed by atoms with E-state index in [1.165, 1.54) is 24.3 Å². The number of fused-ring (bicyclic) bond motifs is 1. The van der Waals surface area contributed by atoms with E-state index in [1.54, 1.807) is 17.4 Å². The number of carbonyl (C=O) groups is 3. The van der Waals surface area contributed by atoms with Gasteiger partial charge in [-0.15, -0.1) is 0 Å². The van der Waals surface area contributed by atoms with Gasteiger partial charge in [-0.05, 0) is 47.9 Å². The van der Waals surface area contributed by atoms with E-state index < -0.39 is 54.7 Å². The van der Waals surface area contributed by atoms with Gasteiger partial charge in [0.25, 0.3) is 5.91 Å². The summed E-state index contributed by atoms with van der Waals surface area (Å²) in [5, 5.41) is 27.2. The fourth-order valence-corrected chi connectivity index (χ4v) is 4.57. The van der Waals surface area contributed by atoms with Crippen molar-refractivity contribution in [1.82, 2.24) is 10.6 Å². The summed E-state index contributed by atoms with van der Waals surface area (Å²) >= 11 is 6.44. The predicted molar refractivity (Wildman–Crippen MR) is 131 cm³/mol. The van der Waals surface area contributed by atoms with Gasteiger partial charge in [-0.1, -0.05) is 29.8 Å². The number of hydrogen-bond donors (Lipinski definition) is 5. The molecule has 0 saturated heterocycles. The Bertz CT molecular complexity index is 1220. The van der Waals surface area contributed by atoms with Crippen molar-refractivity contribution >= 4 is 35.1 Å². The number of alkyl halides is 5. The van der Waals surface area contributed by atoms with Gasteiger partial charge >= 0.3 is 24.0 Å². The molecule has 8 nitrogen and oxygen atoms in total. The molecule has 1 aliphatic rings. The highest BCUT2D eigenvalue weighted by Gasteiger charge is 2.57. The molecule has 2 aromatic rings. The molecule has 0 spiro atoms. The lowest BCUT2D eigenvalue weighted by Gasteiger charge is -2.25. The van der Waals surface area contributed by atoms with E-state index in [9.17, 15) is 46.5 Å². The Kier molecular flexibility index (Phi) is 9.38. The Morgan fingerprint density at radius 2 is 1.72 bits per heavy atom. The van der Waals surface area contributed by atoms with Crippen molar-refractivity contribution in [2.24, 2.45) is 5.92 Å². The van der Waals surface area contributed by atoms with E-state index in [4.69, 9.17) is 11.6 Å². The average molecular weight is 578 g/mol. The lowest BCUT2D eigenvalue weighted by atomic mass is 9.81. The minimum absolute atomic E-state index is 0.115. The van der Waals surface area contributed by atoms with Crippen molar-refractivity contribution in [1.29, 1.82) is 0 Å². The van der Waals surface area contributed by atoms with Gasteiger partial charge in [0.2, 0.25) is 0 Å². The third kappa shape index (κ3) is 7.35. The number of benzene rings is 2. The molecule has 3 rings (SSSR count). The summed E-state index contributed by atoms with van der Waals surface area (Å²) in [4.78, 5) is 35.2. The summed E-state index contributed by atoms with van der Waals surface area (Å²) in [7, 11) is 0. The van der Waals surface area contributed by atoms with Crippen LogP contribution in [0.3, 0.4) is 0 Å². The number of carboxylic acid groups (broad SMARTS) is 2. The fraction of sp³-hybridized carbons (Fsp3) is 0.400. The van der Waals surface area contributed by atoms with E-state index in [1.807, 2.05) is 0 Å². The van der Waals surface area contributed by atoms with Crippen molar-refractivity contribution in [2.75, 3.05) is 25.0 Å². The molecule has 1 heterocycles. The molecule has 2 atom stereocenters. The van der Waals surface area contributed by atoms with Gasteiger partial charge in [0.05, 0.1) is 29.6 Å². The number of carbonyl (C=O) groups excluding carboxylic acids is 1. The number of amides is 1. The van der Waals surface area contributed by atoms with Gasteiger partial charge < -0.3 is 26.2 Å². The van der Waals surface area contributed by atoms with Gasteiger partial charge in [-0.25, -0.2) is 0 Å². The van der Waals surface area contributed by atoms with Crippen LogP contribution < -0.4 is 16.0 Å². The smallest absolute Gasteiger partial charge is 0.455 e. The standard InChI is InChI=1S/C25H25ClF5N3O5/c26-19-6-5-15-16(7-8-32-11-18(15)17(23(38)39)9-20(35)36)21(19)33-10-13-1-3-14(4-2-13)22(37)34-12-24(27,28)25(29,30)31/h1-6,17-18,32-33H,7-12H2,(H,34,37)(H,35,36)(H,38,39). The van der Waals surface area contributed by atoms with Crippen LogP contribution in [-0.2, 0) is 22.6 Å². The van der Waals surface area contributed by atoms with E-state index in [0.717, 1.165) is 5.56 Å². The van der Waals surface area contributed by atoms with Gasteiger partial charge in [0, 0.05) is 24.6 Å². The molecule has 212 valence electrons. The van der Waals surface area contributed by atoms with E-state index >= 15 is 0 Å². The number of anilines is 1. The van der Waals surface area contributed by atoms with Crippen molar-refractivity contribution < 1.29 is 46.5 Å². The summed E-state index contributed by atoms with van der Waals surface area (Å²) < 4.78 is 63.0. The van der Waals surface area contributed by atoms with Crippen LogP contribution in [0.4, 0.5) is 27.6 Å². The largest absolute Gasteiger partial charge is 0.481 e. The van der Waals surface area contributed by atoms with E-state index in [0.29, 0.717) is 34.8 Å². The number of hydrogen-bond acceptors (Lipinski definition) is 5. The number of aliphatic carboxylic acids is 2. The highest BCUT2D eigenvalue weighted by Crippen LogP contribution is 2.38. The highest BCUT2D eigenvalue weighted by atomic mass is 35.5. The molecular formula is C25H25ClF5N3O5. The minimum Gasteiger partial charge on any atom is -0.481 e. The molecule has 0 aromatic heterocycles. The zero-order valence-corrected chi connectivity index (χ0v) is 21.0. The first-order valence-electron chi connectivity index (χ1n) is 11.7. The first kappa shape index (κ1) is 30.1. The maximum atomic E-state index is 13.1. The molecule has 2 aromatic carbocycles. The van der Waals surface area contributed by atoms with Crippen molar-refractivity contribution in [3.05, 3.63) is 63.7 Å². The van der Waals surface area contributed by atoms with Crippen LogP contribution in [-0.4, -0.2) is 59.8 Å². The monoisotopic (exact) mass is 577 g/mol. The minimum atomic E-state index is -5.78. The second kappa shape index (κ2) is 12.2. The number of carboxylic acids is 2. The van der Waals surface area contributed by atoms with Crippen LogP contribution in [0.15, 0.2) is 36.4 Å². The van der Waals surface area contributed by atoms with Crippen LogP contribution in [0.2, 0.25) is 5.02 Å². The third-order valence-corrected chi connectivity index (χ3v) is 6.70. The molecule has 5 N–H and O–H groups in total. The van der Waals surface area contributed by atoms with Gasteiger partial charge in [0.1, 0.15) is 0 Å². The first-order chi connectivity index (χ1) is 18.2. The van der Waals surface area contributed by atoms with Crippen molar-refractivity contribution in [3.63, 3.8) is 0 Å². The molecule has 2 unspecified atom stereocenters. The molecule has 0 saturated carbocycles. The van der Waals surface area contributed by atoms with Gasteiger partial charge in [0.15, 0.2) is 0 Å². The second-order valence-corrected chi connectivity index (χ2v) is 9.44. The SMILES string of the molecule is O=C(O)CC(C(=O)O)C1CNCCc2c1ccc(Cl)c2NCc1ccc(C(=O)NCC(F)(F)C(F)(F)F)cc1. The van der Waals surface area contributed by atoms with Crippen LogP contribution in [0.25, 0.3) is 0 Å². The summed E-state index contributed by atoms with van der Waals surface area (Å²) in [6, 6.07) is 8.79. The molecule has 0 radical (unpaired) electrons.